The fourth-order valence-corrected chi connectivity index (χ4v) is 14.5. The van der Waals surface area contributed by atoms with Crippen molar-refractivity contribution in [2.45, 2.75) is 268 Å². The van der Waals surface area contributed by atoms with Gasteiger partial charge in [0.2, 0.25) is 70.9 Å². The topological polar surface area (TPSA) is 435 Å². The van der Waals surface area contributed by atoms with Crippen LogP contribution in [-0.2, 0) is 69.0 Å². The van der Waals surface area contributed by atoms with Crippen molar-refractivity contribution < 1.29 is 78.0 Å². The lowest BCUT2D eigenvalue weighted by Gasteiger charge is -2.37. The van der Waals surface area contributed by atoms with Gasteiger partial charge in [-0.05, 0) is 145 Å². The van der Waals surface area contributed by atoms with Crippen LogP contribution in [0.2, 0.25) is 0 Å². The number of aliphatic hydroxyl groups excluding tert-OH is 4. The summed E-state index contributed by atoms with van der Waals surface area (Å²) in [6.45, 7) is 16.8. The highest BCUT2D eigenvalue weighted by Crippen LogP contribution is 2.32. The third-order valence-corrected chi connectivity index (χ3v) is 21.0. The quantitative estimate of drug-likeness (QED) is 0.139. The number of thioether (sulfide) groups is 2. The van der Waals surface area contributed by atoms with Crippen LogP contribution in [0.3, 0.4) is 0 Å². The van der Waals surface area contributed by atoms with E-state index < -0.39 is 173 Å². The van der Waals surface area contributed by atoms with E-state index in [0.717, 1.165) is 11.1 Å². The van der Waals surface area contributed by atoms with Crippen LogP contribution in [0.25, 0.3) is 0 Å². The first kappa shape index (κ1) is 81.1. The standard InChI is InChI=1S/C67H108N12O16S2/c1-12-15-46-57(87)69-36(4)56(86)72-47(29-40-19-23-44(83)24-20-40)59(89)78-67(11,35(2)3)65(95)76-53(38(6)81)62(92)74-49(55(68)85)33-96-31-42-16-13-17-43(28-42)32-97-34-50(70-39(7)82)58(88)77-54(66(8,9)10)63(93)73-48(30-41-21-25-45(84)26-22-41)64(94)79-27-14-18-51(79)60(90)75-52(37(5)80)61(91)71-46/h13,16-17,28,35-38,40-41,44-54,80-81,83-84H,12,14-15,18-27,29-34H2,1-11H3,(H2,68,85)(H,69,87)(H,70,82)(H,71,91)(H,72,86)(H,73,93)(H,74,92)(H,75,90)(H,76,95)(H,77,88)(H,78,89)/t36-,37+,38+,40?,41?,44?,45?,46-,47-,48-,49-,50-,51-,52-,53-,54+,67-/m0/s1. The van der Waals surface area contributed by atoms with Crippen LogP contribution in [0.1, 0.15) is 177 Å². The maximum atomic E-state index is 15.0. The Hall–Kier alpha value is -6.60. The Bertz CT molecular complexity index is 2920. The molecule has 12 amide bonds. The summed E-state index contributed by atoms with van der Waals surface area (Å²) in [5, 5.41) is 69.7. The number of nitrogens with one attached hydrogen (secondary N) is 10. The van der Waals surface area contributed by atoms with Gasteiger partial charge >= 0.3 is 0 Å². The summed E-state index contributed by atoms with van der Waals surface area (Å²) in [6.07, 6.45) is 0.673. The molecule has 16 N–H and O–H groups in total. The number of hydrogen-bond acceptors (Lipinski definition) is 18. The average Bonchev–Trinajstić information content (AvgIpc) is 1.70. The summed E-state index contributed by atoms with van der Waals surface area (Å²) in [4.78, 5) is 171. The minimum Gasteiger partial charge on any atom is -0.393 e. The van der Waals surface area contributed by atoms with Gasteiger partial charge in [0.15, 0.2) is 0 Å². The minimum absolute atomic E-state index is 0.0189. The molecule has 4 aliphatic rings. The van der Waals surface area contributed by atoms with Gasteiger partial charge in [-0.15, -0.1) is 0 Å². The van der Waals surface area contributed by atoms with Crippen LogP contribution in [0.4, 0.5) is 0 Å². The first-order valence-corrected chi connectivity index (χ1v) is 36.4. The molecule has 0 spiro atoms. The zero-order valence-electron chi connectivity index (χ0n) is 58.1. The fraction of sp³-hybridized carbons (Fsp3) is 0.731. The zero-order chi connectivity index (χ0) is 72.2. The first-order chi connectivity index (χ1) is 45.5. The van der Waals surface area contributed by atoms with Crippen molar-refractivity contribution >= 4 is 94.4 Å². The molecule has 2 saturated carbocycles. The van der Waals surface area contributed by atoms with Crippen LogP contribution in [0, 0.1) is 23.2 Å². The lowest BCUT2D eigenvalue weighted by atomic mass is 9.82. The summed E-state index contributed by atoms with van der Waals surface area (Å²) in [5.41, 5.74) is 4.66. The molecule has 30 heteroatoms. The second-order valence-electron chi connectivity index (χ2n) is 28.4. The number of fused-ring (bicyclic) bond motifs is 3. The Kier molecular flexibility index (Phi) is 31.4. The van der Waals surface area contributed by atoms with E-state index in [9.17, 15) is 73.2 Å². The van der Waals surface area contributed by atoms with Crippen molar-refractivity contribution in [1.82, 2.24) is 58.1 Å². The molecule has 5 rings (SSSR count). The SMILES string of the molecule is CCC[C@@H]1NC(=O)[C@H]([C@@H](C)O)NC(=O)[C@@H]2CCCN2C(=O)[C@H](CC2CCC(O)CC2)NC(=O)[C@H](C(C)(C)C)NC(=O)[C@@H](NC(C)=O)CSCc2cccc(c2)CSC[C@@H](C(N)=O)NC(=O)[C@H]([C@@H](C)O)NC(=O)[C@](C)(C(C)C)NC(=O)[C@H](CC2CCC(O)CC2)NC(=O)[C@H](C)NC1=O. The van der Waals surface area contributed by atoms with Crippen molar-refractivity contribution in [3.8, 4) is 0 Å². The van der Waals surface area contributed by atoms with Crippen molar-refractivity contribution in [2.75, 3.05) is 18.1 Å². The van der Waals surface area contributed by atoms with Gasteiger partial charge in [0, 0.05) is 36.5 Å². The monoisotopic (exact) mass is 1400 g/mol. The molecule has 97 heavy (non-hydrogen) atoms. The van der Waals surface area contributed by atoms with Crippen LogP contribution in [0.5, 0.6) is 0 Å². The number of carbonyl (C=O) groups is 12. The van der Waals surface area contributed by atoms with Crippen molar-refractivity contribution in [3.63, 3.8) is 0 Å². The molecule has 13 atom stereocenters. The number of amides is 12. The molecule has 0 aromatic heterocycles. The van der Waals surface area contributed by atoms with Crippen LogP contribution in [0.15, 0.2) is 24.3 Å². The van der Waals surface area contributed by atoms with Crippen molar-refractivity contribution in [2.24, 2.45) is 28.9 Å². The predicted octanol–water partition coefficient (Wildman–Crippen LogP) is 0.0670. The Labute approximate surface area is 578 Å². The molecule has 1 aromatic carbocycles. The highest BCUT2D eigenvalue weighted by Gasteiger charge is 2.46. The lowest BCUT2D eigenvalue weighted by molar-refractivity contribution is -0.144. The van der Waals surface area contributed by atoms with E-state index in [4.69, 9.17) is 5.73 Å². The minimum atomic E-state index is -1.82. The highest BCUT2D eigenvalue weighted by molar-refractivity contribution is 7.98. The highest BCUT2D eigenvalue weighted by atomic mass is 32.2. The van der Waals surface area contributed by atoms with Gasteiger partial charge in [0.05, 0.1) is 24.4 Å². The van der Waals surface area contributed by atoms with E-state index >= 15 is 4.79 Å². The van der Waals surface area contributed by atoms with Crippen molar-refractivity contribution in [1.29, 1.82) is 0 Å². The number of rotatable bonds is 11. The number of carbonyl (C=O) groups excluding carboxylic acids is 12. The van der Waals surface area contributed by atoms with E-state index in [1.165, 1.54) is 63.0 Å². The van der Waals surface area contributed by atoms with Gasteiger partial charge in [-0.2, -0.15) is 23.5 Å². The van der Waals surface area contributed by atoms with Gasteiger partial charge in [0.1, 0.15) is 66.0 Å². The molecular weight excluding hydrogens is 1290 g/mol. The molecule has 1 aromatic rings. The number of aliphatic hydroxyl groups is 4. The van der Waals surface area contributed by atoms with Crippen LogP contribution in [-0.4, -0.2) is 205 Å². The van der Waals surface area contributed by atoms with Crippen LogP contribution >= 0.6 is 23.5 Å². The summed E-state index contributed by atoms with van der Waals surface area (Å²) in [6, 6.07) is -6.04. The molecule has 0 radical (unpaired) electrons. The number of nitrogens with zero attached hydrogens (tertiary/aromatic N) is 1. The maximum Gasteiger partial charge on any atom is 0.246 e. The summed E-state index contributed by atoms with van der Waals surface area (Å²) >= 11 is 2.59. The largest absolute Gasteiger partial charge is 0.393 e. The van der Waals surface area contributed by atoms with E-state index in [1.54, 1.807) is 41.5 Å². The maximum absolute atomic E-state index is 15.0. The Balaban J connectivity index is 1.50. The zero-order valence-corrected chi connectivity index (χ0v) is 59.7. The molecule has 2 heterocycles. The molecule has 28 nitrogen and oxygen atoms in total. The van der Waals surface area contributed by atoms with Crippen LogP contribution < -0.4 is 58.9 Å². The number of benzene rings is 1. The van der Waals surface area contributed by atoms with Gasteiger partial charge in [0.25, 0.3) is 0 Å². The van der Waals surface area contributed by atoms with Gasteiger partial charge in [-0.25, -0.2) is 0 Å². The molecule has 2 bridgehead atoms. The molecule has 2 aliphatic heterocycles. The van der Waals surface area contributed by atoms with Gasteiger partial charge < -0.3 is 84.2 Å². The second kappa shape index (κ2) is 37.6. The Morgan fingerprint density at radius 3 is 1.70 bits per heavy atom. The summed E-state index contributed by atoms with van der Waals surface area (Å²) < 4.78 is 0. The number of hydrogen-bond donors (Lipinski definition) is 15. The molecule has 1 saturated heterocycles. The first-order valence-electron chi connectivity index (χ1n) is 34.1. The van der Waals surface area contributed by atoms with E-state index in [1.807, 2.05) is 24.3 Å². The number of nitrogens with two attached hydrogens (primary N) is 1. The van der Waals surface area contributed by atoms with Gasteiger partial charge in [-0.3, -0.25) is 57.5 Å². The second-order valence-corrected chi connectivity index (χ2v) is 30.4. The lowest BCUT2D eigenvalue weighted by Crippen LogP contribution is -2.67. The molecule has 0 unspecified atom stereocenters. The predicted molar refractivity (Wildman–Crippen MR) is 366 cm³/mol. The third-order valence-electron chi connectivity index (χ3n) is 18.8. The summed E-state index contributed by atoms with van der Waals surface area (Å²) in [7, 11) is 0. The fourth-order valence-electron chi connectivity index (χ4n) is 12.5. The molecular formula is C67H108N12O16S2. The van der Waals surface area contributed by atoms with E-state index in [2.05, 4.69) is 53.2 Å². The molecule has 2 aliphatic carbocycles. The third kappa shape index (κ3) is 24.4. The molecule has 544 valence electrons. The van der Waals surface area contributed by atoms with E-state index in [0.29, 0.717) is 75.7 Å². The molecule has 3 fully saturated rings. The smallest absolute Gasteiger partial charge is 0.246 e. The summed E-state index contributed by atoms with van der Waals surface area (Å²) in [5.74, 6) is -9.80. The Morgan fingerprint density at radius 1 is 0.649 bits per heavy atom. The van der Waals surface area contributed by atoms with E-state index in [-0.39, 0.29) is 55.6 Å². The van der Waals surface area contributed by atoms with Gasteiger partial charge in [-0.1, -0.05) is 72.2 Å². The number of primary amides is 1. The average molecular weight is 1400 g/mol. The Morgan fingerprint density at radius 2 is 1.18 bits per heavy atom. The normalized spacial score (nSPS) is 31.6. The van der Waals surface area contributed by atoms with Crippen molar-refractivity contribution in [3.05, 3.63) is 35.4 Å².